The van der Waals surface area contributed by atoms with Gasteiger partial charge in [-0.05, 0) is 18.2 Å². The summed E-state index contributed by atoms with van der Waals surface area (Å²) in [4.78, 5) is 0.320. The molecule has 0 unspecified atom stereocenters. The second kappa shape index (κ2) is 5.79. The Bertz CT molecular complexity index is 540. The van der Waals surface area contributed by atoms with Crippen LogP contribution in [0.4, 0.5) is 5.69 Å². The quantitative estimate of drug-likeness (QED) is 0.816. The van der Waals surface area contributed by atoms with Gasteiger partial charge in [-0.3, -0.25) is 4.68 Å². The van der Waals surface area contributed by atoms with Crippen LogP contribution in [0.5, 0.6) is 0 Å². The van der Waals surface area contributed by atoms with E-state index in [-0.39, 0.29) is 0 Å². The maximum absolute atomic E-state index is 5.91. The molecule has 0 amide bonds. The normalized spacial score (nSPS) is 10.3. The maximum Gasteiger partial charge on any atom is 0.106 e. The molecule has 0 radical (unpaired) electrons. The highest BCUT2D eigenvalue weighted by Crippen LogP contribution is 2.20. The number of nitrogens with two attached hydrogens (primary N) is 1. The van der Waals surface area contributed by atoms with Crippen LogP contribution in [0.15, 0.2) is 30.6 Å². The van der Waals surface area contributed by atoms with E-state index in [1.807, 2.05) is 6.07 Å². The Kier molecular flexibility index (Phi) is 4.11. The minimum Gasteiger partial charge on any atom is -0.389 e. The molecule has 0 fully saturated rings. The molecule has 5 nitrogen and oxygen atoms in total. The van der Waals surface area contributed by atoms with E-state index < -0.39 is 0 Å². The third-order valence-corrected chi connectivity index (χ3v) is 2.83. The summed E-state index contributed by atoms with van der Waals surface area (Å²) in [7, 11) is 0. The molecule has 94 valence electrons. The number of halogens is 1. The lowest BCUT2D eigenvalue weighted by atomic mass is 10.2. The minimum atomic E-state index is 0.320. The Hall–Kier alpha value is -1.66. The van der Waals surface area contributed by atoms with Gasteiger partial charge in [0.1, 0.15) is 4.99 Å². The maximum atomic E-state index is 5.91. The van der Waals surface area contributed by atoms with Gasteiger partial charge in [-0.15, -0.1) is 5.10 Å². The molecule has 0 saturated carbocycles. The molecule has 0 spiro atoms. The van der Waals surface area contributed by atoms with Gasteiger partial charge in [0.15, 0.2) is 0 Å². The molecule has 0 saturated heterocycles. The van der Waals surface area contributed by atoms with Crippen molar-refractivity contribution in [2.45, 2.75) is 6.54 Å². The number of hydrogen-bond donors (Lipinski definition) is 2. The van der Waals surface area contributed by atoms with Crippen molar-refractivity contribution in [3.63, 3.8) is 0 Å². The van der Waals surface area contributed by atoms with Crippen LogP contribution in [-0.2, 0) is 6.54 Å². The lowest BCUT2D eigenvalue weighted by Crippen LogP contribution is -2.16. The number of rotatable bonds is 5. The van der Waals surface area contributed by atoms with E-state index in [0.717, 1.165) is 11.3 Å². The largest absolute Gasteiger partial charge is 0.389 e. The molecule has 0 bridgehead atoms. The Morgan fingerprint density at radius 2 is 2.33 bits per heavy atom. The third kappa shape index (κ3) is 3.18. The second-order valence-electron chi connectivity index (χ2n) is 3.65. The van der Waals surface area contributed by atoms with Crippen molar-refractivity contribution in [2.24, 2.45) is 5.73 Å². The molecule has 0 aliphatic rings. The second-order valence-corrected chi connectivity index (χ2v) is 4.52. The molecule has 0 aliphatic heterocycles. The molecular weight excluding hydrogens is 270 g/mol. The number of aromatic nitrogens is 3. The predicted molar refractivity (Wildman–Crippen MR) is 75.9 cm³/mol. The topological polar surface area (TPSA) is 68.8 Å². The molecule has 1 aromatic carbocycles. The van der Waals surface area contributed by atoms with Crippen molar-refractivity contribution >= 4 is 34.5 Å². The zero-order valence-electron chi connectivity index (χ0n) is 9.51. The molecule has 18 heavy (non-hydrogen) atoms. The molecule has 7 heteroatoms. The first-order valence-electron chi connectivity index (χ1n) is 5.34. The van der Waals surface area contributed by atoms with Crippen molar-refractivity contribution in [3.8, 4) is 0 Å². The van der Waals surface area contributed by atoms with Gasteiger partial charge in [-0.2, -0.15) is 0 Å². The van der Waals surface area contributed by atoms with Gasteiger partial charge in [-0.25, -0.2) is 0 Å². The number of nitrogens with one attached hydrogen (secondary N) is 1. The van der Waals surface area contributed by atoms with Gasteiger partial charge in [0, 0.05) is 29.0 Å². The minimum absolute atomic E-state index is 0.320. The number of benzene rings is 1. The van der Waals surface area contributed by atoms with Crippen molar-refractivity contribution in [2.75, 3.05) is 11.9 Å². The summed E-state index contributed by atoms with van der Waals surface area (Å²) in [5.41, 5.74) is 7.27. The Morgan fingerprint density at radius 3 is 3.00 bits per heavy atom. The van der Waals surface area contributed by atoms with Crippen LogP contribution in [0.3, 0.4) is 0 Å². The van der Waals surface area contributed by atoms with Crippen LogP contribution in [0.1, 0.15) is 5.56 Å². The third-order valence-electron chi connectivity index (χ3n) is 2.38. The van der Waals surface area contributed by atoms with Gasteiger partial charge in [0.2, 0.25) is 0 Å². The van der Waals surface area contributed by atoms with Crippen LogP contribution in [0.25, 0.3) is 0 Å². The fourth-order valence-corrected chi connectivity index (χ4v) is 1.87. The van der Waals surface area contributed by atoms with Crippen LogP contribution in [-0.4, -0.2) is 26.5 Å². The van der Waals surface area contributed by atoms with Gasteiger partial charge in [0.05, 0.1) is 12.7 Å². The van der Waals surface area contributed by atoms with Crippen molar-refractivity contribution in [1.82, 2.24) is 15.0 Å². The highest BCUT2D eigenvalue weighted by atomic mass is 35.5. The average molecular weight is 282 g/mol. The average Bonchev–Trinajstić information content (AvgIpc) is 2.84. The first-order chi connectivity index (χ1) is 8.66. The summed E-state index contributed by atoms with van der Waals surface area (Å²) in [6.45, 7) is 1.40. The zero-order chi connectivity index (χ0) is 13.0. The van der Waals surface area contributed by atoms with E-state index in [1.165, 1.54) is 0 Å². The fraction of sp³-hybridized carbons (Fsp3) is 0.182. The SMILES string of the molecule is NC(=S)c1cc(Cl)ccc1NCCn1ccnn1. The van der Waals surface area contributed by atoms with Crippen LogP contribution >= 0.6 is 23.8 Å². The number of hydrogen-bond acceptors (Lipinski definition) is 4. The van der Waals surface area contributed by atoms with E-state index in [0.29, 0.717) is 23.1 Å². The van der Waals surface area contributed by atoms with Gasteiger partial charge in [0.25, 0.3) is 0 Å². The zero-order valence-corrected chi connectivity index (χ0v) is 11.1. The summed E-state index contributed by atoms with van der Waals surface area (Å²) in [5, 5.41) is 11.5. The van der Waals surface area contributed by atoms with E-state index >= 15 is 0 Å². The Labute approximate surface area is 115 Å². The molecule has 1 aromatic heterocycles. The number of nitrogens with zero attached hydrogens (tertiary/aromatic N) is 3. The van der Waals surface area contributed by atoms with Gasteiger partial charge < -0.3 is 11.1 Å². The summed E-state index contributed by atoms with van der Waals surface area (Å²) >= 11 is 10.9. The van der Waals surface area contributed by atoms with Crippen LogP contribution in [0.2, 0.25) is 5.02 Å². The highest BCUT2D eigenvalue weighted by molar-refractivity contribution is 7.80. The van der Waals surface area contributed by atoms with E-state index in [1.54, 1.807) is 29.2 Å². The molecule has 2 rings (SSSR count). The molecule has 2 aromatic rings. The summed E-state index contributed by atoms with van der Waals surface area (Å²) < 4.78 is 1.74. The Balaban J connectivity index is 2.02. The first kappa shape index (κ1) is 12.8. The summed E-state index contributed by atoms with van der Waals surface area (Å²) in [6, 6.07) is 5.40. The monoisotopic (exact) mass is 281 g/mol. The van der Waals surface area contributed by atoms with E-state index in [4.69, 9.17) is 29.6 Å². The van der Waals surface area contributed by atoms with Crippen LogP contribution < -0.4 is 11.1 Å². The molecule has 3 N–H and O–H groups in total. The lowest BCUT2D eigenvalue weighted by Gasteiger charge is -2.11. The number of anilines is 1. The lowest BCUT2D eigenvalue weighted by molar-refractivity contribution is 0.609. The summed E-state index contributed by atoms with van der Waals surface area (Å²) in [6.07, 6.45) is 3.45. The molecule has 1 heterocycles. The fourth-order valence-electron chi connectivity index (χ4n) is 1.53. The van der Waals surface area contributed by atoms with Gasteiger partial charge >= 0.3 is 0 Å². The standard InChI is InChI=1S/C11H12ClN5S/c12-8-1-2-10(9(7-8)11(13)18)14-3-5-17-6-4-15-16-17/h1-2,4,6-7,14H,3,5H2,(H2,13,18). The van der Waals surface area contributed by atoms with Crippen molar-refractivity contribution in [3.05, 3.63) is 41.2 Å². The number of thiocarbonyl (C=S) groups is 1. The van der Waals surface area contributed by atoms with E-state index in [2.05, 4.69) is 15.6 Å². The highest BCUT2D eigenvalue weighted by Gasteiger charge is 2.05. The molecule has 0 aliphatic carbocycles. The summed E-state index contributed by atoms with van der Waals surface area (Å²) in [5.74, 6) is 0. The Morgan fingerprint density at radius 1 is 1.50 bits per heavy atom. The first-order valence-corrected chi connectivity index (χ1v) is 6.13. The van der Waals surface area contributed by atoms with Crippen molar-refractivity contribution in [1.29, 1.82) is 0 Å². The molecule has 0 atom stereocenters. The van der Waals surface area contributed by atoms with E-state index in [9.17, 15) is 0 Å². The predicted octanol–water partition coefficient (Wildman–Crippen LogP) is 1.68. The van der Waals surface area contributed by atoms with Crippen molar-refractivity contribution < 1.29 is 0 Å². The van der Waals surface area contributed by atoms with Gasteiger partial charge in [-0.1, -0.05) is 29.0 Å². The van der Waals surface area contributed by atoms with Crippen LogP contribution in [0, 0.1) is 0 Å². The molecular formula is C11H12ClN5S. The smallest absolute Gasteiger partial charge is 0.106 e.